The molecular weight excluding hydrogens is 305 g/mol. The minimum atomic E-state index is -0.320. The number of aliphatic hydroxyl groups excluding tert-OH is 1. The molecular formula is C16H18FNO3S. The number of carbonyl (C=O) groups is 1. The van der Waals surface area contributed by atoms with Crippen LogP contribution < -0.4 is 5.32 Å². The molecule has 1 heterocycles. The Morgan fingerprint density at radius 1 is 1.32 bits per heavy atom. The smallest absolute Gasteiger partial charge is 0.224 e. The zero-order chi connectivity index (χ0) is 15.8. The summed E-state index contributed by atoms with van der Waals surface area (Å²) in [6, 6.07) is 9.69. The Balaban J connectivity index is 1.85. The first kappa shape index (κ1) is 16.6. The third-order valence-corrected chi connectivity index (χ3v) is 4.00. The number of hydrogen-bond acceptors (Lipinski definition) is 4. The lowest BCUT2D eigenvalue weighted by molar-refractivity contribution is -0.121. The van der Waals surface area contributed by atoms with Gasteiger partial charge in [0.1, 0.15) is 11.9 Å². The third-order valence-electron chi connectivity index (χ3n) is 3.03. The highest BCUT2D eigenvalue weighted by Crippen LogP contribution is 2.21. The summed E-state index contributed by atoms with van der Waals surface area (Å²) in [6.45, 7) is 0.488. The lowest BCUT2D eigenvalue weighted by Crippen LogP contribution is -2.30. The number of aliphatic hydroxyl groups is 1. The van der Waals surface area contributed by atoms with Crippen molar-refractivity contribution in [1.29, 1.82) is 0 Å². The summed E-state index contributed by atoms with van der Waals surface area (Å²) >= 11 is 1.54. The van der Waals surface area contributed by atoms with Gasteiger partial charge in [-0.25, -0.2) is 4.39 Å². The van der Waals surface area contributed by atoms with Crippen LogP contribution in [0.25, 0.3) is 0 Å². The Hall–Kier alpha value is -1.76. The van der Waals surface area contributed by atoms with Crippen LogP contribution in [0.5, 0.6) is 0 Å². The summed E-state index contributed by atoms with van der Waals surface area (Å²) < 4.78 is 18.4. The highest BCUT2D eigenvalue weighted by Gasteiger charge is 2.14. The third kappa shape index (κ3) is 5.22. The molecule has 1 atom stereocenters. The van der Waals surface area contributed by atoms with Crippen LogP contribution in [0.2, 0.25) is 0 Å². The van der Waals surface area contributed by atoms with Crippen molar-refractivity contribution in [2.45, 2.75) is 12.5 Å². The Kier molecular flexibility index (Phi) is 6.51. The molecule has 0 fully saturated rings. The fraction of sp³-hybridized carbons (Fsp3) is 0.312. The van der Waals surface area contributed by atoms with Crippen molar-refractivity contribution in [3.05, 3.63) is 58.0 Å². The second-order valence-electron chi connectivity index (χ2n) is 4.71. The van der Waals surface area contributed by atoms with E-state index in [2.05, 4.69) is 5.32 Å². The molecule has 0 spiro atoms. The Bertz CT molecular complexity index is 572. The van der Waals surface area contributed by atoms with Gasteiger partial charge in [0.2, 0.25) is 5.91 Å². The molecule has 0 bridgehead atoms. The van der Waals surface area contributed by atoms with Gasteiger partial charge in [-0.3, -0.25) is 4.79 Å². The molecule has 1 amide bonds. The first-order chi connectivity index (χ1) is 10.7. The minimum Gasteiger partial charge on any atom is -0.394 e. The van der Waals surface area contributed by atoms with E-state index in [1.54, 1.807) is 12.1 Å². The molecule has 0 aliphatic heterocycles. The van der Waals surface area contributed by atoms with Crippen LogP contribution in [-0.2, 0) is 16.0 Å². The zero-order valence-corrected chi connectivity index (χ0v) is 12.8. The molecule has 118 valence electrons. The fourth-order valence-corrected chi connectivity index (χ4v) is 2.74. The summed E-state index contributed by atoms with van der Waals surface area (Å²) in [5, 5.41) is 13.6. The predicted molar refractivity (Wildman–Crippen MR) is 83.2 cm³/mol. The number of amides is 1. The number of rotatable bonds is 8. The predicted octanol–water partition coefficient (Wildman–Crippen LogP) is 2.30. The van der Waals surface area contributed by atoms with E-state index in [4.69, 9.17) is 9.84 Å². The lowest BCUT2D eigenvalue weighted by Gasteiger charge is -2.17. The largest absolute Gasteiger partial charge is 0.394 e. The van der Waals surface area contributed by atoms with E-state index in [-0.39, 0.29) is 37.5 Å². The van der Waals surface area contributed by atoms with E-state index < -0.39 is 0 Å². The van der Waals surface area contributed by atoms with E-state index in [1.807, 2.05) is 17.5 Å². The van der Waals surface area contributed by atoms with E-state index in [0.29, 0.717) is 6.54 Å². The summed E-state index contributed by atoms with van der Waals surface area (Å²) in [6.07, 6.45) is -0.0819. The van der Waals surface area contributed by atoms with Crippen molar-refractivity contribution in [2.75, 3.05) is 19.8 Å². The standard InChI is InChI=1S/C16H18FNO3S/c17-13-5-3-12(4-6-13)10-16(20)18-11-14(21-8-7-19)15-2-1-9-22-15/h1-6,9,14,19H,7-8,10-11H2,(H,18,20). The van der Waals surface area contributed by atoms with Gasteiger partial charge in [-0.1, -0.05) is 18.2 Å². The van der Waals surface area contributed by atoms with E-state index in [0.717, 1.165) is 10.4 Å². The molecule has 4 nitrogen and oxygen atoms in total. The molecule has 1 unspecified atom stereocenters. The van der Waals surface area contributed by atoms with Gasteiger partial charge in [0, 0.05) is 11.4 Å². The normalized spacial score (nSPS) is 12.1. The number of halogens is 1. The van der Waals surface area contributed by atoms with E-state index in [1.165, 1.54) is 23.5 Å². The zero-order valence-electron chi connectivity index (χ0n) is 12.0. The van der Waals surface area contributed by atoms with Crippen LogP contribution in [0.4, 0.5) is 4.39 Å². The first-order valence-corrected chi connectivity index (χ1v) is 7.84. The molecule has 1 aromatic heterocycles. The average Bonchev–Trinajstić information content (AvgIpc) is 3.04. The number of benzene rings is 1. The number of thiophene rings is 1. The van der Waals surface area contributed by atoms with Crippen LogP contribution in [-0.4, -0.2) is 30.8 Å². The summed E-state index contributed by atoms with van der Waals surface area (Å²) in [7, 11) is 0. The maximum Gasteiger partial charge on any atom is 0.224 e. The van der Waals surface area contributed by atoms with E-state index >= 15 is 0 Å². The molecule has 22 heavy (non-hydrogen) atoms. The summed E-state index contributed by atoms with van der Waals surface area (Å²) in [5.74, 6) is -0.472. The molecule has 1 aromatic carbocycles. The van der Waals surface area contributed by atoms with Gasteiger partial charge in [-0.2, -0.15) is 0 Å². The molecule has 6 heteroatoms. The van der Waals surface area contributed by atoms with Gasteiger partial charge >= 0.3 is 0 Å². The first-order valence-electron chi connectivity index (χ1n) is 6.96. The van der Waals surface area contributed by atoms with Gasteiger partial charge in [-0.05, 0) is 29.1 Å². The molecule has 0 radical (unpaired) electrons. The molecule has 0 aliphatic carbocycles. The molecule has 0 saturated carbocycles. The van der Waals surface area contributed by atoms with Crippen molar-refractivity contribution in [2.24, 2.45) is 0 Å². The van der Waals surface area contributed by atoms with Crippen LogP contribution >= 0.6 is 11.3 Å². The maximum absolute atomic E-state index is 12.8. The SMILES string of the molecule is O=C(Cc1ccc(F)cc1)NCC(OCCO)c1cccs1. The van der Waals surface area contributed by atoms with Gasteiger partial charge in [0.15, 0.2) is 0 Å². The number of nitrogens with one attached hydrogen (secondary N) is 1. The van der Waals surface area contributed by atoms with Crippen LogP contribution in [0, 0.1) is 5.82 Å². The van der Waals surface area contributed by atoms with Crippen LogP contribution in [0.1, 0.15) is 16.5 Å². The van der Waals surface area contributed by atoms with Gasteiger partial charge in [0.25, 0.3) is 0 Å². The van der Waals surface area contributed by atoms with Crippen LogP contribution in [0.3, 0.4) is 0 Å². The van der Waals surface area contributed by atoms with Crippen molar-refractivity contribution in [3.63, 3.8) is 0 Å². The monoisotopic (exact) mass is 323 g/mol. The molecule has 2 N–H and O–H groups in total. The maximum atomic E-state index is 12.8. The topological polar surface area (TPSA) is 58.6 Å². The summed E-state index contributed by atoms with van der Waals surface area (Å²) in [4.78, 5) is 12.9. The highest BCUT2D eigenvalue weighted by atomic mass is 32.1. The lowest BCUT2D eigenvalue weighted by atomic mass is 10.1. The average molecular weight is 323 g/mol. The van der Waals surface area contributed by atoms with Crippen molar-refractivity contribution in [1.82, 2.24) is 5.32 Å². The van der Waals surface area contributed by atoms with Gasteiger partial charge in [0.05, 0.1) is 19.6 Å². The Labute approximate surface area is 132 Å². The molecule has 2 rings (SSSR count). The van der Waals surface area contributed by atoms with Crippen molar-refractivity contribution < 1.29 is 19.0 Å². The quantitative estimate of drug-likeness (QED) is 0.784. The number of carbonyl (C=O) groups excluding carboxylic acids is 1. The molecule has 0 saturated heterocycles. The van der Waals surface area contributed by atoms with Crippen molar-refractivity contribution in [3.8, 4) is 0 Å². The van der Waals surface area contributed by atoms with Gasteiger partial charge < -0.3 is 15.2 Å². The Morgan fingerprint density at radius 2 is 2.09 bits per heavy atom. The Morgan fingerprint density at radius 3 is 2.73 bits per heavy atom. The van der Waals surface area contributed by atoms with Crippen LogP contribution in [0.15, 0.2) is 41.8 Å². The second kappa shape index (κ2) is 8.63. The molecule has 2 aromatic rings. The van der Waals surface area contributed by atoms with Crippen molar-refractivity contribution >= 4 is 17.2 Å². The number of hydrogen-bond donors (Lipinski definition) is 2. The second-order valence-corrected chi connectivity index (χ2v) is 5.69. The molecule has 0 aliphatic rings. The van der Waals surface area contributed by atoms with Gasteiger partial charge in [-0.15, -0.1) is 11.3 Å². The number of ether oxygens (including phenoxy) is 1. The highest BCUT2D eigenvalue weighted by molar-refractivity contribution is 7.10. The summed E-state index contributed by atoms with van der Waals surface area (Å²) in [5.41, 5.74) is 0.753. The fourth-order valence-electron chi connectivity index (χ4n) is 1.97. The minimum absolute atomic E-state index is 0.0641. The van der Waals surface area contributed by atoms with E-state index in [9.17, 15) is 9.18 Å².